The summed E-state index contributed by atoms with van der Waals surface area (Å²) in [6.07, 6.45) is 7.83. The molecule has 2 N–H and O–H groups in total. The molecular weight excluding hydrogens is 837 g/mol. The fourth-order valence-corrected chi connectivity index (χ4v) is 8.44. The lowest BCUT2D eigenvalue weighted by Gasteiger charge is -2.36. The van der Waals surface area contributed by atoms with Crippen molar-refractivity contribution in [1.29, 1.82) is 0 Å². The van der Waals surface area contributed by atoms with Gasteiger partial charge in [-0.05, 0) is 124 Å². The van der Waals surface area contributed by atoms with E-state index in [9.17, 15) is 9.59 Å². The number of nitrogens with one attached hydrogen (secondary N) is 2. The number of carbonyl (C=O) groups is 2. The summed E-state index contributed by atoms with van der Waals surface area (Å²) >= 11 is 0. The van der Waals surface area contributed by atoms with Gasteiger partial charge in [-0.1, -0.05) is 6.07 Å². The van der Waals surface area contributed by atoms with Gasteiger partial charge in [-0.15, -0.1) is 0 Å². The van der Waals surface area contributed by atoms with Gasteiger partial charge in [-0.3, -0.25) is 19.4 Å². The molecule has 8 rings (SSSR count). The SMILES string of the molecule is COc1ccc(N2CCN(CCCCNC(=O)C3=Cc4cc(OC)ccc4OC3)CC2)cc1.COc1cccc(N2CCN(CCCCNC(=O)C3=Cc4cc(OC)ccc4OC3)CC2)c1. The van der Waals surface area contributed by atoms with E-state index < -0.39 is 0 Å². The first-order chi connectivity index (χ1) is 32.3. The summed E-state index contributed by atoms with van der Waals surface area (Å²) in [5, 5.41) is 6.06. The molecule has 2 fully saturated rings. The predicted octanol–water partition coefficient (Wildman–Crippen LogP) is 6.40. The number of rotatable bonds is 18. The Balaban J connectivity index is 0.000000196. The minimum atomic E-state index is -0.0598. The first-order valence-corrected chi connectivity index (χ1v) is 23.1. The second-order valence-electron chi connectivity index (χ2n) is 16.7. The maximum atomic E-state index is 12.5. The number of ether oxygens (including phenoxy) is 6. The van der Waals surface area contributed by atoms with Crippen LogP contribution in [-0.4, -0.2) is 142 Å². The van der Waals surface area contributed by atoms with E-state index in [1.807, 2.05) is 72.8 Å². The molecule has 0 aliphatic carbocycles. The van der Waals surface area contributed by atoms with Gasteiger partial charge < -0.3 is 48.9 Å². The molecule has 4 heterocycles. The van der Waals surface area contributed by atoms with Gasteiger partial charge in [-0.25, -0.2) is 0 Å². The molecule has 4 aromatic carbocycles. The lowest BCUT2D eigenvalue weighted by Crippen LogP contribution is -2.46. The molecule has 0 atom stereocenters. The number of unbranched alkanes of at least 4 members (excludes halogenated alkanes) is 2. The average Bonchev–Trinajstić information content (AvgIpc) is 3.38. The summed E-state index contributed by atoms with van der Waals surface area (Å²) < 4.78 is 32.5. The van der Waals surface area contributed by atoms with Gasteiger partial charge >= 0.3 is 0 Å². The largest absolute Gasteiger partial charge is 0.497 e. The number of amides is 2. The van der Waals surface area contributed by atoms with Crippen molar-refractivity contribution in [1.82, 2.24) is 20.4 Å². The maximum Gasteiger partial charge on any atom is 0.250 e. The first-order valence-electron chi connectivity index (χ1n) is 23.1. The van der Waals surface area contributed by atoms with Gasteiger partial charge in [0.05, 0.1) is 39.6 Å². The minimum Gasteiger partial charge on any atom is -0.497 e. The Bertz CT molecular complexity index is 2270. The third-order valence-corrected chi connectivity index (χ3v) is 12.4. The van der Waals surface area contributed by atoms with Crippen LogP contribution in [0.25, 0.3) is 12.2 Å². The van der Waals surface area contributed by atoms with Crippen LogP contribution in [0.5, 0.6) is 34.5 Å². The number of anilines is 2. The highest BCUT2D eigenvalue weighted by molar-refractivity contribution is 5.99. The third kappa shape index (κ3) is 13.4. The van der Waals surface area contributed by atoms with E-state index in [4.69, 9.17) is 28.4 Å². The lowest BCUT2D eigenvalue weighted by atomic mass is 10.1. The Morgan fingerprint density at radius 3 is 1.41 bits per heavy atom. The molecule has 0 bridgehead atoms. The van der Waals surface area contributed by atoms with Crippen molar-refractivity contribution >= 4 is 35.3 Å². The second kappa shape index (κ2) is 24.2. The number of methoxy groups -OCH3 is 4. The van der Waals surface area contributed by atoms with E-state index >= 15 is 0 Å². The molecule has 0 saturated carbocycles. The van der Waals surface area contributed by atoms with Crippen molar-refractivity contribution in [2.24, 2.45) is 0 Å². The van der Waals surface area contributed by atoms with E-state index in [0.717, 1.165) is 137 Å². The van der Waals surface area contributed by atoms with Gasteiger partial charge in [0.25, 0.3) is 11.8 Å². The Morgan fingerprint density at radius 1 is 0.500 bits per heavy atom. The summed E-state index contributed by atoms with van der Waals surface area (Å²) in [6.45, 7) is 12.4. The monoisotopic (exact) mass is 902 g/mol. The van der Waals surface area contributed by atoms with Crippen LogP contribution in [0.1, 0.15) is 36.8 Å². The molecule has 14 heteroatoms. The van der Waals surface area contributed by atoms with Crippen LogP contribution in [0.3, 0.4) is 0 Å². The first kappa shape index (κ1) is 47.6. The summed E-state index contributed by atoms with van der Waals surface area (Å²) in [5.41, 5.74) is 5.51. The lowest BCUT2D eigenvalue weighted by molar-refractivity contribution is -0.118. The van der Waals surface area contributed by atoms with E-state index in [1.54, 1.807) is 28.4 Å². The minimum absolute atomic E-state index is 0.0587. The van der Waals surface area contributed by atoms with Gasteiger partial charge in [0, 0.05) is 94.0 Å². The van der Waals surface area contributed by atoms with Crippen molar-refractivity contribution in [3.8, 4) is 34.5 Å². The van der Waals surface area contributed by atoms with Crippen molar-refractivity contribution in [2.45, 2.75) is 25.7 Å². The number of benzene rings is 4. The standard InChI is InChI=1S/2C26H33N3O4/c1-31-23-7-5-22(6-8-23)29-15-13-28(14-16-29)12-4-3-11-27-26(30)21-17-20-18-24(32-2)9-10-25(20)33-19-21;1-31-23-7-5-6-22(18-23)29-14-12-28(13-15-29)11-4-3-10-27-26(30)21-16-20-17-24(32-2)8-9-25(20)33-19-21/h5-10,17-18H,3-4,11-16,19H2,1-2H3,(H,27,30);5-9,16-18H,3-4,10-15,19H2,1-2H3,(H,27,30). The molecule has 0 aromatic heterocycles. The zero-order valence-corrected chi connectivity index (χ0v) is 39.0. The fourth-order valence-electron chi connectivity index (χ4n) is 8.44. The normalized spacial score (nSPS) is 15.8. The molecule has 4 aliphatic heterocycles. The summed E-state index contributed by atoms with van der Waals surface area (Å²) in [6, 6.07) is 27.8. The molecule has 14 nitrogen and oxygen atoms in total. The number of hydrogen-bond donors (Lipinski definition) is 2. The van der Waals surface area contributed by atoms with E-state index in [0.29, 0.717) is 37.4 Å². The molecule has 2 saturated heterocycles. The van der Waals surface area contributed by atoms with Crippen LogP contribution in [0.15, 0.2) is 96.1 Å². The zero-order chi connectivity index (χ0) is 46.1. The molecule has 4 aromatic rings. The number of nitrogens with zero attached hydrogens (tertiary/aromatic N) is 4. The summed E-state index contributed by atoms with van der Waals surface area (Å²) in [5.74, 6) is 4.73. The van der Waals surface area contributed by atoms with Gasteiger partial charge in [0.15, 0.2) is 0 Å². The number of piperazine rings is 2. The predicted molar refractivity (Wildman–Crippen MR) is 261 cm³/mol. The topological polar surface area (TPSA) is 127 Å². The van der Waals surface area contributed by atoms with Crippen molar-refractivity contribution in [3.63, 3.8) is 0 Å². The summed E-state index contributed by atoms with van der Waals surface area (Å²) in [7, 11) is 6.65. The van der Waals surface area contributed by atoms with E-state index in [2.05, 4.69) is 54.5 Å². The van der Waals surface area contributed by atoms with Crippen LogP contribution in [0.2, 0.25) is 0 Å². The highest BCUT2D eigenvalue weighted by atomic mass is 16.5. The van der Waals surface area contributed by atoms with Crippen LogP contribution in [-0.2, 0) is 9.59 Å². The Labute approximate surface area is 390 Å². The fraction of sp³-hybridized carbons (Fsp3) is 0.423. The molecule has 0 radical (unpaired) electrons. The number of carbonyl (C=O) groups excluding carboxylic acids is 2. The van der Waals surface area contributed by atoms with Crippen LogP contribution >= 0.6 is 0 Å². The van der Waals surface area contributed by atoms with Crippen LogP contribution in [0.4, 0.5) is 11.4 Å². The Kier molecular flexibility index (Phi) is 17.5. The quantitative estimate of drug-likeness (QED) is 0.108. The molecule has 0 spiro atoms. The third-order valence-electron chi connectivity index (χ3n) is 12.4. The van der Waals surface area contributed by atoms with Crippen molar-refractivity contribution < 1.29 is 38.0 Å². The van der Waals surface area contributed by atoms with Gasteiger partial charge in [-0.2, -0.15) is 0 Å². The maximum absolute atomic E-state index is 12.5. The van der Waals surface area contributed by atoms with Gasteiger partial charge in [0.2, 0.25) is 0 Å². The highest BCUT2D eigenvalue weighted by Gasteiger charge is 2.21. The molecule has 352 valence electrons. The summed E-state index contributed by atoms with van der Waals surface area (Å²) in [4.78, 5) is 34.9. The smallest absolute Gasteiger partial charge is 0.250 e. The number of hydrogen-bond acceptors (Lipinski definition) is 12. The molecular formula is C52H66N6O8. The number of fused-ring (bicyclic) bond motifs is 2. The van der Waals surface area contributed by atoms with E-state index in [1.165, 1.54) is 11.4 Å². The zero-order valence-electron chi connectivity index (χ0n) is 39.0. The average molecular weight is 903 g/mol. The Hall–Kier alpha value is -6.38. The molecule has 2 amide bonds. The van der Waals surface area contributed by atoms with Crippen molar-refractivity contribution in [2.75, 3.05) is 130 Å². The van der Waals surface area contributed by atoms with Crippen LogP contribution < -0.4 is 48.9 Å². The Morgan fingerprint density at radius 2 is 0.939 bits per heavy atom. The highest BCUT2D eigenvalue weighted by Crippen LogP contribution is 2.31. The molecule has 4 aliphatic rings. The van der Waals surface area contributed by atoms with Crippen molar-refractivity contribution in [3.05, 3.63) is 107 Å². The second-order valence-corrected chi connectivity index (χ2v) is 16.7. The molecule has 0 unspecified atom stereocenters. The molecule has 66 heavy (non-hydrogen) atoms. The van der Waals surface area contributed by atoms with Gasteiger partial charge in [0.1, 0.15) is 47.7 Å². The van der Waals surface area contributed by atoms with E-state index in [-0.39, 0.29) is 11.8 Å². The van der Waals surface area contributed by atoms with Crippen LogP contribution in [0, 0.1) is 0 Å².